The average molecular weight is 272 g/mol. The van der Waals surface area contributed by atoms with E-state index in [-0.39, 0.29) is 0 Å². The third-order valence-electron chi connectivity index (χ3n) is 3.30. The second-order valence-electron chi connectivity index (χ2n) is 4.69. The lowest BCUT2D eigenvalue weighted by Crippen LogP contribution is -2.00. The molecule has 0 heterocycles. The lowest BCUT2D eigenvalue weighted by Gasteiger charge is -2.12. The van der Waals surface area contributed by atoms with E-state index in [9.17, 15) is 5.11 Å². The molecule has 3 nitrogen and oxygen atoms in total. The number of ether oxygens (including phenoxy) is 2. The van der Waals surface area contributed by atoms with E-state index in [1.807, 2.05) is 48.5 Å². The first kappa shape index (κ1) is 14.4. The molecule has 0 fully saturated rings. The number of benzene rings is 2. The number of hydrogen-bond donors (Lipinski definition) is 1. The van der Waals surface area contributed by atoms with Gasteiger partial charge >= 0.3 is 0 Å². The van der Waals surface area contributed by atoms with Gasteiger partial charge in [0, 0.05) is 6.07 Å². The van der Waals surface area contributed by atoms with Crippen LogP contribution in [0.2, 0.25) is 0 Å². The fourth-order valence-corrected chi connectivity index (χ4v) is 2.16. The predicted octanol–water partition coefficient (Wildman–Crippen LogP) is 3.37. The van der Waals surface area contributed by atoms with E-state index in [0.29, 0.717) is 6.42 Å². The summed E-state index contributed by atoms with van der Waals surface area (Å²) in [6, 6.07) is 15.5. The molecule has 2 aromatic rings. The molecule has 0 amide bonds. The van der Waals surface area contributed by atoms with Crippen molar-refractivity contribution in [2.75, 3.05) is 14.2 Å². The summed E-state index contributed by atoms with van der Waals surface area (Å²) in [6.45, 7) is 0. The van der Waals surface area contributed by atoms with E-state index in [0.717, 1.165) is 29.0 Å². The molecule has 0 aliphatic heterocycles. The number of aryl methyl sites for hydroxylation is 1. The van der Waals surface area contributed by atoms with Gasteiger partial charge in [0.05, 0.1) is 20.3 Å². The first-order valence-electron chi connectivity index (χ1n) is 6.68. The van der Waals surface area contributed by atoms with Gasteiger partial charge in [-0.05, 0) is 36.1 Å². The van der Waals surface area contributed by atoms with Gasteiger partial charge in [0.25, 0.3) is 0 Å². The molecule has 1 N–H and O–H groups in total. The van der Waals surface area contributed by atoms with E-state index in [2.05, 4.69) is 0 Å². The van der Waals surface area contributed by atoms with Gasteiger partial charge in [0.15, 0.2) is 0 Å². The van der Waals surface area contributed by atoms with Crippen LogP contribution >= 0.6 is 0 Å². The maximum atomic E-state index is 10.2. The fourth-order valence-electron chi connectivity index (χ4n) is 2.16. The van der Waals surface area contributed by atoms with Gasteiger partial charge in [-0.1, -0.05) is 30.3 Å². The standard InChI is InChI=1S/C17H20O3/c1-19-15-10-13(11-16(12-15)20-2)8-9-17(18)14-6-4-3-5-7-14/h3-7,10-12,17-18H,8-9H2,1-2H3. The molecular formula is C17H20O3. The largest absolute Gasteiger partial charge is 0.497 e. The molecule has 1 atom stereocenters. The molecule has 1 unspecified atom stereocenters. The SMILES string of the molecule is COc1cc(CCC(O)c2ccccc2)cc(OC)c1. The number of hydrogen-bond acceptors (Lipinski definition) is 3. The summed E-state index contributed by atoms with van der Waals surface area (Å²) in [4.78, 5) is 0. The van der Waals surface area contributed by atoms with Crippen molar-refractivity contribution >= 4 is 0 Å². The van der Waals surface area contributed by atoms with Crippen LogP contribution in [0.3, 0.4) is 0 Å². The zero-order valence-corrected chi connectivity index (χ0v) is 11.9. The highest BCUT2D eigenvalue weighted by Gasteiger charge is 2.08. The second-order valence-corrected chi connectivity index (χ2v) is 4.69. The molecule has 0 saturated carbocycles. The zero-order chi connectivity index (χ0) is 14.4. The molecule has 2 aromatic carbocycles. The Hall–Kier alpha value is -2.00. The number of rotatable bonds is 6. The fraction of sp³-hybridized carbons (Fsp3) is 0.294. The molecule has 0 bridgehead atoms. The molecule has 20 heavy (non-hydrogen) atoms. The van der Waals surface area contributed by atoms with Gasteiger partial charge in [-0.2, -0.15) is 0 Å². The van der Waals surface area contributed by atoms with E-state index >= 15 is 0 Å². The van der Waals surface area contributed by atoms with E-state index in [1.54, 1.807) is 14.2 Å². The van der Waals surface area contributed by atoms with E-state index in [4.69, 9.17) is 9.47 Å². The minimum atomic E-state index is -0.451. The van der Waals surface area contributed by atoms with Crippen molar-refractivity contribution in [3.05, 3.63) is 59.7 Å². The summed E-state index contributed by atoms with van der Waals surface area (Å²) in [5.74, 6) is 1.54. The molecule has 0 aliphatic rings. The molecule has 3 heteroatoms. The summed E-state index contributed by atoms with van der Waals surface area (Å²) < 4.78 is 10.5. The number of aliphatic hydroxyl groups excluding tert-OH is 1. The highest BCUT2D eigenvalue weighted by Crippen LogP contribution is 2.25. The van der Waals surface area contributed by atoms with Crippen LogP contribution in [0, 0.1) is 0 Å². The molecule has 0 radical (unpaired) electrons. The van der Waals surface area contributed by atoms with Crippen molar-refractivity contribution in [1.82, 2.24) is 0 Å². The van der Waals surface area contributed by atoms with Crippen molar-refractivity contribution < 1.29 is 14.6 Å². The molecule has 0 saturated heterocycles. The maximum absolute atomic E-state index is 10.2. The monoisotopic (exact) mass is 272 g/mol. The van der Waals surface area contributed by atoms with Gasteiger partial charge in [-0.25, -0.2) is 0 Å². The number of aliphatic hydroxyl groups is 1. The first-order chi connectivity index (χ1) is 9.72. The molecular weight excluding hydrogens is 252 g/mol. The van der Waals surface area contributed by atoms with Crippen LogP contribution in [0.4, 0.5) is 0 Å². The molecule has 0 spiro atoms. The second kappa shape index (κ2) is 6.96. The summed E-state index contributed by atoms with van der Waals surface area (Å²) in [7, 11) is 3.27. The summed E-state index contributed by atoms with van der Waals surface area (Å²) in [6.07, 6.45) is 0.984. The predicted molar refractivity (Wildman–Crippen MR) is 79.3 cm³/mol. The van der Waals surface area contributed by atoms with Crippen LogP contribution in [0.15, 0.2) is 48.5 Å². The summed E-state index contributed by atoms with van der Waals surface area (Å²) in [5.41, 5.74) is 2.04. The normalized spacial score (nSPS) is 11.9. The average Bonchev–Trinajstić information content (AvgIpc) is 2.53. The van der Waals surface area contributed by atoms with Crippen LogP contribution in [0.25, 0.3) is 0 Å². The topological polar surface area (TPSA) is 38.7 Å². The molecule has 0 aromatic heterocycles. The van der Waals surface area contributed by atoms with Crippen molar-refractivity contribution in [2.45, 2.75) is 18.9 Å². The third kappa shape index (κ3) is 3.75. The van der Waals surface area contributed by atoms with Crippen molar-refractivity contribution in [1.29, 1.82) is 0 Å². The van der Waals surface area contributed by atoms with Gasteiger partial charge in [0.1, 0.15) is 11.5 Å². The Morgan fingerprint density at radius 3 is 2.10 bits per heavy atom. The zero-order valence-electron chi connectivity index (χ0n) is 11.9. The lowest BCUT2D eigenvalue weighted by molar-refractivity contribution is 0.168. The Morgan fingerprint density at radius 1 is 0.950 bits per heavy atom. The Morgan fingerprint density at radius 2 is 1.55 bits per heavy atom. The smallest absolute Gasteiger partial charge is 0.122 e. The van der Waals surface area contributed by atoms with Crippen LogP contribution in [0.1, 0.15) is 23.7 Å². The quantitative estimate of drug-likeness (QED) is 0.876. The highest BCUT2D eigenvalue weighted by molar-refractivity contribution is 5.38. The van der Waals surface area contributed by atoms with Crippen LogP contribution < -0.4 is 9.47 Å². The van der Waals surface area contributed by atoms with Gasteiger partial charge < -0.3 is 14.6 Å². The van der Waals surface area contributed by atoms with Gasteiger partial charge in [0.2, 0.25) is 0 Å². The molecule has 2 rings (SSSR count). The summed E-state index contributed by atoms with van der Waals surface area (Å²) >= 11 is 0. The summed E-state index contributed by atoms with van der Waals surface area (Å²) in [5, 5.41) is 10.2. The molecule has 106 valence electrons. The van der Waals surface area contributed by atoms with Crippen molar-refractivity contribution in [3.8, 4) is 11.5 Å². The number of methoxy groups -OCH3 is 2. The Kier molecular flexibility index (Phi) is 5.02. The van der Waals surface area contributed by atoms with Gasteiger partial charge in [-0.15, -0.1) is 0 Å². The Balaban J connectivity index is 2.03. The lowest BCUT2D eigenvalue weighted by atomic mass is 10.0. The van der Waals surface area contributed by atoms with E-state index < -0.39 is 6.10 Å². The minimum absolute atomic E-state index is 0.451. The van der Waals surface area contributed by atoms with Crippen LogP contribution in [0.5, 0.6) is 11.5 Å². The maximum Gasteiger partial charge on any atom is 0.122 e. The third-order valence-corrected chi connectivity index (χ3v) is 3.30. The highest BCUT2D eigenvalue weighted by atomic mass is 16.5. The van der Waals surface area contributed by atoms with E-state index in [1.165, 1.54) is 0 Å². The van der Waals surface area contributed by atoms with Crippen LogP contribution in [-0.4, -0.2) is 19.3 Å². The molecule has 0 aliphatic carbocycles. The van der Waals surface area contributed by atoms with Crippen molar-refractivity contribution in [3.63, 3.8) is 0 Å². The first-order valence-corrected chi connectivity index (χ1v) is 6.68. The minimum Gasteiger partial charge on any atom is -0.497 e. The Labute approximate surface area is 119 Å². The Bertz CT molecular complexity index is 515. The van der Waals surface area contributed by atoms with Crippen LogP contribution in [-0.2, 0) is 6.42 Å². The van der Waals surface area contributed by atoms with Gasteiger partial charge in [-0.3, -0.25) is 0 Å². The van der Waals surface area contributed by atoms with Crippen molar-refractivity contribution in [2.24, 2.45) is 0 Å².